The molecule has 1 fully saturated rings. The van der Waals surface area contributed by atoms with E-state index in [2.05, 4.69) is 0 Å². The monoisotopic (exact) mass is 630 g/mol. The highest BCUT2D eigenvalue weighted by atomic mass is 16.8. The molecule has 2 heterocycles. The van der Waals surface area contributed by atoms with E-state index in [1.165, 1.54) is 13.4 Å². The van der Waals surface area contributed by atoms with E-state index in [0.717, 1.165) is 16.7 Å². The van der Waals surface area contributed by atoms with Crippen molar-refractivity contribution in [2.24, 2.45) is 11.8 Å². The molecule has 0 spiro atoms. The van der Waals surface area contributed by atoms with Crippen LogP contribution in [0.25, 0.3) is 0 Å². The van der Waals surface area contributed by atoms with Gasteiger partial charge in [0.15, 0.2) is 6.29 Å². The maximum Gasteiger partial charge on any atom is 0.337 e. The molecular formula is C36H38O10. The van der Waals surface area contributed by atoms with Crippen molar-refractivity contribution in [2.45, 2.75) is 49.0 Å². The highest BCUT2D eigenvalue weighted by Crippen LogP contribution is 2.45. The summed E-state index contributed by atoms with van der Waals surface area (Å²) in [6.45, 7) is -0.486. The molecule has 3 aromatic rings. The first-order valence-corrected chi connectivity index (χ1v) is 15.3. The fraction of sp³-hybridized carbons (Fsp3) is 0.361. The molecule has 10 nitrogen and oxygen atoms in total. The summed E-state index contributed by atoms with van der Waals surface area (Å²) < 4.78 is 29.7. The van der Waals surface area contributed by atoms with Crippen LogP contribution in [0.1, 0.15) is 23.1 Å². The predicted octanol–water partition coefficient (Wildman–Crippen LogP) is 2.79. The van der Waals surface area contributed by atoms with Crippen LogP contribution in [0.3, 0.4) is 0 Å². The average molecular weight is 631 g/mol. The normalized spacial score (nSPS) is 29.2. The number of ether oxygens (including phenoxy) is 5. The van der Waals surface area contributed by atoms with Crippen molar-refractivity contribution in [1.82, 2.24) is 0 Å². The van der Waals surface area contributed by atoms with Gasteiger partial charge in [-0.25, -0.2) is 4.79 Å². The van der Waals surface area contributed by atoms with Crippen molar-refractivity contribution in [3.63, 3.8) is 0 Å². The SMILES string of the molecule is COC(=O)C1=CO[C@@H](O[C@@H]2O[C@H](COC(c3ccccc3)(c3ccccc3)c3ccccc3)[C@@H](O)[C@H](O)[C@H]2O)[C@@H]2C(CO)=CC[C@H]12. The molecule has 0 radical (unpaired) electrons. The van der Waals surface area contributed by atoms with Crippen LogP contribution in [0.5, 0.6) is 0 Å². The molecule has 0 bridgehead atoms. The quantitative estimate of drug-likeness (QED) is 0.150. The number of carbonyl (C=O) groups is 1. The number of aliphatic hydroxyl groups excluding tert-OH is 4. The second kappa shape index (κ2) is 13.9. The van der Waals surface area contributed by atoms with E-state index in [1.807, 2.05) is 97.1 Å². The molecule has 0 saturated carbocycles. The maximum atomic E-state index is 12.4. The molecule has 2 aliphatic heterocycles. The minimum absolute atomic E-state index is 0.199. The summed E-state index contributed by atoms with van der Waals surface area (Å²) in [7, 11) is 1.28. The summed E-state index contributed by atoms with van der Waals surface area (Å²) in [6.07, 6.45) is -4.88. The van der Waals surface area contributed by atoms with Gasteiger partial charge in [0, 0.05) is 5.92 Å². The lowest BCUT2D eigenvalue weighted by Crippen LogP contribution is -2.60. The first-order chi connectivity index (χ1) is 22.4. The van der Waals surface area contributed by atoms with Gasteiger partial charge in [-0.2, -0.15) is 0 Å². The molecular weight excluding hydrogens is 592 g/mol. The van der Waals surface area contributed by atoms with Crippen LogP contribution >= 0.6 is 0 Å². The largest absolute Gasteiger partial charge is 0.471 e. The molecule has 0 amide bonds. The van der Waals surface area contributed by atoms with E-state index in [4.69, 9.17) is 23.7 Å². The summed E-state index contributed by atoms with van der Waals surface area (Å²) in [6, 6.07) is 29.1. The molecule has 3 aromatic carbocycles. The Bertz CT molecular complexity index is 1430. The second-order valence-electron chi connectivity index (χ2n) is 11.6. The Balaban J connectivity index is 1.29. The van der Waals surface area contributed by atoms with Crippen LogP contribution in [-0.4, -0.2) is 83.7 Å². The number of rotatable bonds is 10. The van der Waals surface area contributed by atoms with Crippen LogP contribution < -0.4 is 0 Å². The van der Waals surface area contributed by atoms with Crippen molar-refractivity contribution in [1.29, 1.82) is 0 Å². The molecule has 3 aliphatic rings. The van der Waals surface area contributed by atoms with Gasteiger partial charge in [-0.05, 0) is 28.7 Å². The lowest BCUT2D eigenvalue weighted by atomic mass is 9.80. The van der Waals surface area contributed by atoms with Crippen molar-refractivity contribution < 1.29 is 48.9 Å². The minimum atomic E-state index is -1.64. The Kier molecular flexibility index (Phi) is 9.67. The third-order valence-corrected chi connectivity index (χ3v) is 9.06. The summed E-state index contributed by atoms with van der Waals surface area (Å²) >= 11 is 0. The molecule has 46 heavy (non-hydrogen) atoms. The van der Waals surface area contributed by atoms with Gasteiger partial charge in [-0.3, -0.25) is 0 Å². The van der Waals surface area contributed by atoms with Crippen LogP contribution in [0.4, 0.5) is 0 Å². The number of esters is 1. The Labute approximate surface area is 267 Å². The van der Waals surface area contributed by atoms with Crippen LogP contribution in [0.15, 0.2) is 114 Å². The van der Waals surface area contributed by atoms with E-state index in [0.29, 0.717) is 17.6 Å². The van der Waals surface area contributed by atoms with Crippen molar-refractivity contribution in [3.8, 4) is 0 Å². The minimum Gasteiger partial charge on any atom is -0.471 e. The van der Waals surface area contributed by atoms with E-state index in [9.17, 15) is 25.2 Å². The Morgan fingerprint density at radius 2 is 1.39 bits per heavy atom. The molecule has 4 N–H and O–H groups in total. The smallest absolute Gasteiger partial charge is 0.337 e. The van der Waals surface area contributed by atoms with Gasteiger partial charge in [0.25, 0.3) is 0 Å². The molecule has 8 atom stereocenters. The van der Waals surface area contributed by atoms with Gasteiger partial charge in [0.1, 0.15) is 30.0 Å². The molecule has 0 unspecified atom stereocenters. The summed E-state index contributed by atoms with van der Waals surface area (Å²) in [5.41, 5.74) is 2.30. The first kappa shape index (κ1) is 32.1. The third kappa shape index (κ3) is 5.89. The summed E-state index contributed by atoms with van der Waals surface area (Å²) in [4.78, 5) is 12.4. The first-order valence-electron chi connectivity index (χ1n) is 15.3. The third-order valence-electron chi connectivity index (χ3n) is 9.06. The molecule has 242 valence electrons. The van der Waals surface area contributed by atoms with Crippen LogP contribution in [-0.2, 0) is 34.1 Å². The fourth-order valence-electron chi connectivity index (χ4n) is 6.70. The topological polar surface area (TPSA) is 144 Å². The van der Waals surface area contributed by atoms with E-state index in [-0.39, 0.29) is 19.1 Å². The number of benzene rings is 3. The average Bonchev–Trinajstić information content (AvgIpc) is 3.55. The zero-order valence-corrected chi connectivity index (χ0v) is 25.3. The number of fused-ring (bicyclic) bond motifs is 1. The number of allylic oxidation sites excluding steroid dienone is 1. The maximum absolute atomic E-state index is 12.4. The van der Waals surface area contributed by atoms with Crippen molar-refractivity contribution >= 4 is 5.97 Å². The number of carbonyl (C=O) groups excluding carboxylic acids is 1. The van der Waals surface area contributed by atoms with Gasteiger partial charge < -0.3 is 44.1 Å². The van der Waals surface area contributed by atoms with E-state index in [1.54, 1.807) is 0 Å². The lowest BCUT2D eigenvalue weighted by molar-refractivity contribution is -0.342. The second-order valence-corrected chi connectivity index (χ2v) is 11.6. The standard InChI is InChI=1S/C36H38O10/c1-42-33(41)27-20-43-34(29-22(19-37)17-18-26(27)29)46-35-32(40)31(39)30(38)28(45-35)21-44-36(23-11-5-2-6-12-23,24-13-7-3-8-14-24)25-15-9-4-10-16-25/h2-17,20,26,28-32,34-35,37-40H,18-19,21H2,1H3/t26-,28-,29-,30-,31+,32-,34+,35+/m1/s1. The molecule has 1 aliphatic carbocycles. The highest BCUT2D eigenvalue weighted by Gasteiger charge is 2.50. The van der Waals surface area contributed by atoms with Crippen molar-refractivity contribution in [2.75, 3.05) is 20.3 Å². The zero-order chi connectivity index (χ0) is 32.3. The number of aliphatic hydroxyl groups is 4. The number of methoxy groups -OCH3 is 1. The van der Waals surface area contributed by atoms with Gasteiger partial charge >= 0.3 is 5.97 Å². The molecule has 10 heteroatoms. The number of hydrogen-bond donors (Lipinski definition) is 4. The summed E-state index contributed by atoms with van der Waals surface area (Å²) in [5.74, 6) is -1.50. The van der Waals surface area contributed by atoms with Gasteiger partial charge in [-0.15, -0.1) is 0 Å². The fourth-order valence-corrected chi connectivity index (χ4v) is 6.70. The Morgan fingerprint density at radius 3 is 1.91 bits per heavy atom. The van der Waals surface area contributed by atoms with Gasteiger partial charge in [0.05, 0.1) is 38.1 Å². The van der Waals surface area contributed by atoms with Gasteiger partial charge in [0.2, 0.25) is 6.29 Å². The molecule has 1 saturated heterocycles. The van der Waals surface area contributed by atoms with Crippen LogP contribution in [0.2, 0.25) is 0 Å². The Hall–Kier alpha value is -3.87. The van der Waals surface area contributed by atoms with Gasteiger partial charge in [-0.1, -0.05) is 97.1 Å². The molecule has 0 aromatic heterocycles. The van der Waals surface area contributed by atoms with E-state index >= 15 is 0 Å². The lowest BCUT2D eigenvalue weighted by Gasteiger charge is -2.44. The van der Waals surface area contributed by atoms with Crippen LogP contribution in [0, 0.1) is 11.8 Å². The van der Waals surface area contributed by atoms with E-state index < -0.39 is 54.5 Å². The summed E-state index contributed by atoms with van der Waals surface area (Å²) in [5, 5.41) is 43.0. The predicted molar refractivity (Wildman–Crippen MR) is 165 cm³/mol. The van der Waals surface area contributed by atoms with Crippen molar-refractivity contribution in [3.05, 3.63) is 131 Å². The molecule has 6 rings (SSSR count). The Morgan fingerprint density at radius 1 is 0.826 bits per heavy atom. The highest BCUT2D eigenvalue weighted by molar-refractivity contribution is 5.89. The number of hydrogen-bond acceptors (Lipinski definition) is 10. The zero-order valence-electron chi connectivity index (χ0n) is 25.3.